The van der Waals surface area contributed by atoms with Gasteiger partial charge in [0.25, 0.3) is 0 Å². The van der Waals surface area contributed by atoms with Gasteiger partial charge in [-0.15, -0.1) is 0 Å². The van der Waals surface area contributed by atoms with Crippen molar-refractivity contribution in [3.8, 4) is 0 Å². The van der Waals surface area contributed by atoms with Gasteiger partial charge in [-0.1, -0.05) is 31.5 Å². The molecule has 2 atom stereocenters. The standard InChI is InChI=1S/C10H18N2O2S2/c1-2-3-4-5-12-8-6-16(13,14)7-9(8)15-10(12)11/h8-9,11H,2-7H2,1H3. The number of rotatable bonds is 4. The molecule has 1 N–H and O–H groups in total. The number of thioether (sulfide) groups is 1. The minimum atomic E-state index is -2.85. The van der Waals surface area contributed by atoms with Gasteiger partial charge in [-0.05, 0) is 6.42 Å². The number of hydrogen-bond donors (Lipinski definition) is 1. The van der Waals surface area contributed by atoms with Crippen LogP contribution in [0.3, 0.4) is 0 Å². The summed E-state index contributed by atoms with van der Waals surface area (Å²) in [6.45, 7) is 2.99. The zero-order valence-corrected chi connectivity index (χ0v) is 11.1. The molecule has 2 heterocycles. The van der Waals surface area contributed by atoms with Crippen molar-refractivity contribution in [2.24, 2.45) is 0 Å². The molecule has 0 saturated carbocycles. The molecule has 92 valence electrons. The van der Waals surface area contributed by atoms with Gasteiger partial charge >= 0.3 is 0 Å². The number of nitrogens with zero attached hydrogens (tertiary/aromatic N) is 1. The van der Waals surface area contributed by atoms with E-state index in [1.54, 1.807) is 0 Å². The fourth-order valence-corrected chi connectivity index (χ4v) is 6.22. The second kappa shape index (κ2) is 4.56. The molecule has 2 unspecified atom stereocenters. The summed E-state index contributed by atoms with van der Waals surface area (Å²) in [5.41, 5.74) is 0. The minimum absolute atomic E-state index is 0.0688. The maximum Gasteiger partial charge on any atom is 0.157 e. The predicted molar refractivity (Wildman–Crippen MR) is 67.8 cm³/mol. The highest BCUT2D eigenvalue weighted by Crippen LogP contribution is 2.37. The van der Waals surface area contributed by atoms with E-state index in [0.717, 1.165) is 25.8 Å². The molecule has 16 heavy (non-hydrogen) atoms. The van der Waals surface area contributed by atoms with Crippen LogP contribution in [0.5, 0.6) is 0 Å². The van der Waals surface area contributed by atoms with Crippen LogP contribution in [-0.2, 0) is 9.84 Å². The Morgan fingerprint density at radius 3 is 2.88 bits per heavy atom. The third-order valence-corrected chi connectivity index (χ3v) is 6.37. The molecule has 2 aliphatic rings. The van der Waals surface area contributed by atoms with Gasteiger partial charge in [0.05, 0.1) is 17.5 Å². The highest BCUT2D eigenvalue weighted by Gasteiger charge is 2.47. The van der Waals surface area contributed by atoms with Crippen molar-refractivity contribution in [3.05, 3.63) is 0 Å². The lowest BCUT2D eigenvalue weighted by atomic mass is 10.2. The quantitative estimate of drug-likeness (QED) is 0.776. The molecule has 0 aromatic heterocycles. The zero-order valence-electron chi connectivity index (χ0n) is 9.48. The summed E-state index contributed by atoms with van der Waals surface area (Å²) in [5, 5.41) is 8.54. The number of amidine groups is 1. The largest absolute Gasteiger partial charge is 0.346 e. The Morgan fingerprint density at radius 2 is 2.19 bits per heavy atom. The van der Waals surface area contributed by atoms with Gasteiger partial charge < -0.3 is 4.90 Å². The average molecular weight is 262 g/mol. The first-order chi connectivity index (χ1) is 7.53. The molecule has 0 aromatic rings. The summed E-state index contributed by atoms with van der Waals surface area (Å²) < 4.78 is 23.0. The summed E-state index contributed by atoms with van der Waals surface area (Å²) in [4.78, 5) is 2.00. The van der Waals surface area contributed by atoms with Crippen LogP contribution in [-0.4, -0.2) is 47.8 Å². The molecule has 0 aromatic carbocycles. The Kier molecular flexibility index (Phi) is 3.49. The monoisotopic (exact) mass is 262 g/mol. The Hall–Kier alpha value is -0.230. The van der Waals surface area contributed by atoms with Crippen molar-refractivity contribution in [3.63, 3.8) is 0 Å². The molecule has 0 amide bonds. The lowest BCUT2D eigenvalue weighted by Gasteiger charge is -2.23. The van der Waals surface area contributed by atoms with Crippen molar-refractivity contribution < 1.29 is 8.42 Å². The van der Waals surface area contributed by atoms with Crippen molar-refractivity contribution in [1.82, 2.24) is 4.90 Å². The first-order valence-electron chi connectivity index (χ1n) is 5.76. The third-order valence-electron chi connectivity index (χ3n) is 3.20. The third kappa shape index (κ3) is 2.37. The van der Waals surface area contributed by atoms with Crippen LogP contribution >= 0.6 is 11.8 Å². The lowest BCUT2D eigenvalue weighted by molar-refractivity contribution is 0.346. The van der Waals surface area contributed by atoms with Crippen molar-refractivity contribution in [2.75, 3.05) is 18.1 Å². The highest BCUT2D eigenvalue weighted by atomic mass is 32.2. The predicted octanol–water partition coefficient (Wildman–Crippen LogP) is 1.33. The molecule has 2 saturated heterocycles. The van der Waals surface area contributed by atoms with Gasteiger partial charge in [0.2, 0.25) is 0 Å². The molecule has 2 rings (SSSR count). The van der Waals surface area contributed by atoms with Crippen LogP contribution < -0.4 is 0 Å². The first kappa shape index (κ1) is 12.2. The van der Waals surface area contributed by atoms with Gasteiger partial charge in [-0.25, -0.2) is 8.42 Å². The van der Waals surface area contributed by atoms with Gasteiger partial charge in [-0.3, -0.25) is 5.41 Å². The van der Waals surface area contributed by atoms with Crippen molar-refractivity contribution >= 4 is 26.8 Å². The normalized spacial score (nSPS) is 32.1. The van der Waals surface area contributed by atoms with Crippen LogP contribution in [0, 0.1) is 5.41 Å². The van der Waals surface area contributed by atoms with Crippen molar-refractivity contribution in [1.29, 1.82) is 5.41 Å². The van der Waals surface area contributed by atoms with E-state index < -0.39 is 9.84 Å². The van der Waals surface area contributed by atoms with E-state index in [4.69, 9.17) is 5.41 Å². The molecule has 0 bridgehead atoms. The number of fused-ring (bicyclic) bond motifs is 1. The van der Waals surface area contributed by atoms with E-state index in [0.29, 0.717) is 5.17 Å². The summed E-state index contributed by atoms with van der Waals surface area (Å²) >= 11 is 1.43. The average Bonchev–Trinajstić information content (AvgIpc) is 2.60. The zero-order chi connectivity index (χ0) is 11.8. The fourth-order valence-electron chi connectivity index (χ4n) is 2.36. The molecule has 6 heteroatoms. The number of nitrogens with one attached hydrogen (secondary N) is 1. The summed E-state index contributed by atoms with van der Waals surface area (Å²) in [5.74, 6) is 0.508. The Bertz CT molecular complexity index is 380. The van der Waals surface area contributed by atoms with E-state index >= 15 is 0 Å². The van der Waals surface area contributed by atoms with Crippen LogP contribution in [0.1, 0.15) is 26.2 Å². The molecule has 4 nitrogen and oxygen atoms in total. The maximum absolute atomic E-state index is 11.5. The van der Waals surface area contributed by atoms with Crippen molar-refractivity contribution in [2.45, 2.75) is 37.5 Å². The smallest absolute Gasteiger partial charge is 0.157 e. The number of sulfone groups is 1. The molecule has 2 fully saturated rings. The van der Waals surface area contributed by atoms with Crippen LogP contribution in [0.15, 0.2) is 0 Å². The van der Waals surface area contributed by atoms with E-state index in [1.807, 2.05) is 4.90 Å². The Morgan fingerprint density at radius 1 is 1.44 bits per heavy atom. The van der Waals surface area contributed by atoms with Crippen LogP contribution in [0.25, 0.3) is 0 Å². The molecule has 2 aliphatic heterocycles. The second-order valence-electron chi connectivity index (χ2n) is 4.51. The van der Waals surface area contributed by atoms with Gasteiger partial charge in [-0.2, -0.15) is 0 Å². The molecule has 0 aliphatic carbocycles. The molecule has 0 spiro atoms. The topological polar surface area (TPSA) is 61.2 Å². The van der Waals surface area contributed by atoms with E-state index in [-0.39, 0.29) is 22.8 Å². The molecule has 0 radical (unpaired) electrons. The maximum atomic E-state index is 11.5. The van der Waals surface area contributed by atoms with Crippen LogP contribution in [0.2, 0.25) is 0 Å². The second-order valence-corrected chi connectivity index (χ2v) is 7.89. The number of hydrogen-bond acceptors (Lipinski definition) is 4. The first-order valence-corrected chi connectivity index (χ1v) is 8.46. The Labute approximate surface area is 101 Å². The van der Waals surface area contributed by atoms with E-state index in [9.17, 15) is 8.42 Å². The number of unbranched alkanes of at least 4 members (excludes halogenated alkanes) is 2. The SMILES string of the molecule is CCCCCN1C(=N)SC2CS(=O)(=O)CC21. The summed E-state index contributed by atoms with van der Waals surface area (Å²) in [6, 6.07) is 0.0688. The fraction of sp³-hybridized carbons (Fsp3) is 0.900. The van der Waals surface area contributed by atoms with Crippen LogP contribution in [0.4, 0.5) is 0 Å². The van der Waals surface area contributed by atoms with Gasteiger partial charge in [0.1, 0.15) is 0 Å². The minimum Gasteiger partial charge on any atom is -0.346 e. The molecular formula is C10H18N2O2S2. The summed E-state index contributed by atoms with van der Waals surface area (Å²) in [6.07, 6.45) is 3.36. The summed E-state index contributed by atoms with van der Waals surface area (Å²) in [7, 11) is -2.85. The Balaban J connectivity index is 1.99. The lowest BCUT2D eigenvalue weighted by Crippen LogP contribution is -2.37. The van der Waals surface area contributed by atoms with E-state index in [1.165, 1.54) is 11.8 Å². The van der Waals surface area contributed by atoms with Gasteiger partial charge in [0.15, 0.2) is 15.0 Å². The molecular weight excluding hydrogens is 244 g/mol. The van der Waals surface area contributed by atoms with Gasteiger partial charge in [0, 0.05) is 11.8 Å². The highest BCUT2D eigenvalue weighted by molar-refractivity contribution is 8.15. The van der Waals surface area contributed by atoms with E-state index in [2.05, 4.69) is 6.92 Å².